The van der Waals surface area contributed by atoms with E-state index in [0.717, 1.165) is 11.6 Å². The van der Waals surface area contributed by atoms with Crippen molar-refractivity contribution in [3.63, 3.8) is 0 Å². The molecule has 3 rings (SSSR count). The van der Waals surface area contributed by atoms with Crippen LogP contribution in [-0.4, -0.2) is 16.1 Å². The largest absolute Gasteiger partial charge is 0.459 e. The molecule has 1 heterocycles. The standard InChI is InChI=1S/C19H15FN2O3S/c20-14-5-1-4-13(9-14)18(24)22-19(26)21-15-6-2-3-12(10-15)17-8-7-16(11-23)25-17/h1-10,23H,11H2,(H2,21,22,24,26). The van der Waals surface area contributed by atoms with Crippen LogP contribution in [0.25, 0.3) is 11.3 Å². The Morgan fingerprint density at radius 1 is 1.12 bits per heavy atom. The average Bonchev–Trinajstić information content (AvgIpc) is 3.11. The molecule has 0 bridgehead atoms. The molecule has 132 valence electrons. The molecule has 0 saturated heterocycles. The number of furan rings is 1. The van der Waals surface area contributed by atoms with Gasteiger partial charge in [0, 0.05) is 16.8 Å². The highest BCUT2D eigenvalue weighted by Crippen LogP contribution is 2.24. The summed E-state index contributed by atoms with van der Waals surface area (Å²) in [5, 5.41) is 14.6. The molecule has 1 aromatic heterocycles. The maximum absolute atomic E-state index is 13.2. The number of thiocarbonyl (C=S) groups is 1. The van der Waals surface area contributed by atoms with E-state index in [4.69, 9.17) is 21.7 Å². The predicted octanol–water partition coefficient (Wildman–Crippen LogP) is 3.70. The number of amides is 1. The third-order valence-electron chi connectivity index (χ3n) is 3.54. The van der Waals surface area contributed by atoms with Gasteiger partial charge < -0.3 is 14.8 Å². The number of hydrogen-bond donors (Lipinski definition) is 3. The molecule has 0 atom stereocenters. The molecule has 3 N–H and O–H groups in total. The Bertz CT molecular complexity index is 955. The van der Waals surface area contributed by atoms with E-state index in [-0.39, 0.29) is 17.3 Å². The minimum absolute atomic E-state index is 0.0897. The van der Waals surface area contributed by atoms with Gasteiger partial charge in [-0.05, 0) is 54.7 Å². The van der Waals surface area contributed by atoms with Crippen LogP contribution >= 0.6 is 12.2 Å². The van der Waals surface area contributed by atoms with Crippen molar-refractivity contribution in [3.05, 3.63) is 77.8 Å². The van der Waals surface area contributed by atoms with Crippen molar-refractivity contribution < 1.29 is 18.7 Å². The van der Waals surface area contributed by atoms with Crippen molar-refractivity contribution in [1.29, 1.82) is 0 Å². The van der Waals surface area contributed by atoms with Gasteiger partial charge >= 0.3 is 0 Å². The van der Waals surface area contributed by atoms with Crippen LogP contribution in [0.3, 0.4) is 0 Å². The molecule has 3 aromatic rings. The second-order valence-electron chi connectivity index (χ2n) is 5.42. The second-order valence-corrected chi connectivity index (χ2v) is 5.83. The van der Waals surface area contributed by atoms with Crippen LogP contribution in [0, 0.1) is 5.82 Å². The number of rotatable bonds is 4. The number of carbonyl (C=O) groups excluding carboxylic acids is 1. The summed E-state index contributed by atoms with van der Waals surface area (Å²) in [5.74, 6) is 0.0744. The number of nitrogens with one attached hydrogen (secondary N) is 2. The fourth-order valence-corrected chi connectivity index (χ4v) is 2.55. The highest BCUT2D eigenvalue weighted by molar-refractivity contribution is 7.80. The Kier molecular flexibility index (Phi) is 5.40. The minimum Gasteiger partial charge on any atom is -0.459 e. The fourth-order valence-electron chi connectivity index (χ4n) is 2.34. The number of benzene rings is 2. The van der Waals surface area contributed by atoms with E-state index in [0.29, 0.717) is 17.2 Å². The van der Waals surface area contributed by atoms with E-state index in [1.165, 1.54) is 18.2 Å². The number of halogens is 1. The molecule has 26 heavy (non-hydrogen) atoms. The number of aliphatic hydroxyl groups excluding tert-OH is 1. The molecule has 2 aromatic carbocycles. The lowest BCUT2D eigenvalue weighted by Crippen LogP contribution is -2.34. The van der Waals surface area contributed by atoms with Crippen molar-refractivity contribution in [2.45, 2.75) is 6.61 Å². The number of carbonyl (C=O) groups is 1. The van der Waals surface area contributed by atoms with Crippen LogP contribution in [0.5, 0.6) is 0 Å². The first kappa shape index (κ1) is 17.8. The van der Waals surface area contributed by atoms with E-state index in [2.05, 4.69) is 10.6 Å². The molecule has 0 aliphatic heterocycles. The molecular formula is C19H15FN2O3S. The van der Waals surface area contributed by atoms with Crippen LogP contribution in [0.2, 0.25) is 0 Å². The van der Waals surface area contributed by atoms with Crippen LogP contribution < -0.4 is 10.6 Å². The first-order chi connectivity index (χ1) is 12.5. The molecular weight excluding hydrogens is 355 g/mol. The zero-order valence-corrected chi connectivity index (χ0v) is 14.3. The first-order valence-corrected chi connectivity index (χ1v) is 8.14. The maximum Gasteiger partial charge on any atom is 0.257 e. The smallest absolute Gasteiger partial charge is 0.257 e. The Balaban J connectivity index is 1.67. The summed E-state index contributed by atoms with van der Waals surface area (Å²) in [6, 6.07) is 16.0. The van der Waals surface area contributed by atoms with Gasteiger partial charge in [0.1, 0.15) is 23.9 Å². The molecule has 0 aliphatic rings. The van der Waals surface area contributed by atoms with Gasteiger partial charge in [0.15, 0.2) is 5.11 Å². The third-order valence-corrected chi connectivity index (χ3v) is 3.74. The molecule has 7 heteroatoms. The highest BCUT2D eigenvalue weighted by Gasteiger charge is 2.10. The zero-order valence-electron chi connectivity index (χ0n) is 13.5. The molecule has 5 nitrogen and oxygen atoms in total. The fraction of sp³-hybridized carbons (Fsp3) is 0.0526. The average molecular weight is 370 g/mol. The Labute approximate surface area is 154 Å². The summed E-state index contributed by atoms with van der Waals surface area (Å²) in [7, 11) is 0. The Morgan fingerprint density at radius 3 is 2.65 bits per heavy atom. The van der Waals surface area contributed by atoms with E-state index in [1.54, 1.807) is 30.3 Å². The molecule has 0 aliphatic carbocycles. The van der Waals surface area contributed by atoms with Gasteiger partial charge in [-0.15, -0.1) is 0 Å². The van der Waals surface area contributed by atoms with Crippen LogP contribution in [0.15, 0.2) is 65.1 Å². The lowest BCUT2D eigenvalue weighted by Gasteiger charge is -2.10. The van der Waals surface area contributed by atoms with Gasteiger partial charge in [-0.25, -0.2) is 4.39 Å². The van der Waals surface area contributed by atoms with Crippen LogP contribution in [0.1, 0.15) is 16.1 Å². The van der Waals surface area contributed by atoms with Crippen molar-refractivity contribution in [1.82, 2.24) is 5.32 Å². The number of hydrogen-bond acceptors (Lipinski definition) is 4. The van der Waals surface area contributed by atoms with Crippen molar-refractivity contribution >= 4 is 28.9 Å². The van der Waals surface area contributed by atoms with Gasteiger partial charge in [-0.2, -0.15) is 0 Å². The van der Waals surface area contributed by atoms with Crippen LogP contribution in [0.4, 0.5) is 10.1 Å². The number of aliphatic hydroxyl groups is 1. The predicted molar refractivity (Wildman–Crippen MR) is 100 cm³/mol. The van der Waals surface area contributed by atoms with E-state index in [9.17, 15) is 9.18 Å². The highest BCUT2D eigenvalue weighted by atomic mass is 32.1. The zero-order chi connectivity index (χ0) is 18.5. The van der Waals surface area contributed by atoms with Gasteiger partial charge in [-0.3, -0.25) is 10.1 Å². The summed E-state index contributed by atoms with van der Waals surface area (Å²) in [6.07, 6.45) is 0. The van der Waals surface area contributed by atoms with Gasteiger partial charge in [0.25, 0.3) is 5.91 Å². The SMILES string of the molecule is O=C(NC(=S)Nc1cccc(-c2ccc(CO)o2)c1)c1cccc(F)c1. The Morgan fingerprint density at radius 2 is 1.92 bits per heavy atom. The maximum atomic E-state index is 13.2. The summed E-state index contributed by atoms with van der Waals surface area (Å²) >= 11 is 5.13. The molecule has 0 saturated carbocycles. The first-order valence-electron chi connectivity index (χ1n) is 7.73. The second kappa shape index (κ2) is 7.90. The molecule has 0 fully saturated rings. The summed E-state index contributed by atoms with van der Waals surface area (Å²) in [5.41, 5.74) is 1.61. The topological polar surface area (TPSA) is 74.5 Å². The van der Waals surface area contributed by atoms with Crippen molar-refractivity contribution in [2.24, 2.45) is 0 Å². The molecule has 0 unspecified atom stereocenters. The summed E-state index contributed by atoms with van der Waals surface area (Å²) in [4.78, 5) is 12.1. The van der Waals surface area contributed by atoms with Gasteiger partial charge in [0.05, 0.1) is 0 Å². The lowest BCUT2D eigenvalue weighted by molar-refractivity contribution is 0.0977. The quantitative estimate of drug-likeness (QED) is 0.611. The summed E-state index contributed by atoms with van der Waals surface area (Å²) < 4.78 is 18.7. The van der Waals surface area contributed by atoms with E-state index >= 15 is 0 Å². The van der Waals surface area contributed by atoms with Gasteiger partial charge in [0.2, 0.25) is 0 Å². The summed E-state index contributed by atoms with van der Waals surface area (Å²) in [6.45, 7) is -0.172. The molecule has 0 radical (unpaired) electrons. The Hall–Kier alpha value is -3.03. The minimum atomic E-state index is -0.503. The monoisotopic (exact) mass is 370 g/mol. The lowest BCUT2D eigenvalue weighted by atomic mass is 10.1. The van der Waals surface area contributed by atoms with E-state index in [1.807, 2.05) is 6.07 Å². The third kappa shape index (κ3) is 4.33. The molecule has 1 amide bonds. The van der Waals surface area contributed by atoms with Gasteiger partial charge in [-0.1, -0.05) is 18.2 Å². The van der Waals surface area contributed by atoms with E-state index < -0.39 is 11.7 Å². The molecule has 0 spiro atoms. The van der Waals surface area contributed by atoms with Crippen molar-refractivity contribution in [3.8, 4) is 11.3 Å². The number of anilines is 1. The van der Waals surface area contributed by atoms with Crippen molar-refractivity contribution in [2.75, 3.05) is 5.32 Å². The normalized spacial score (nSPS) is 10.4. The van der Waals surface area contributed by atoms with Crippen LogP contribution in [-0.2, 0) is 6.61 Å².